The predicted molar refractivity (Wildman–Crippen MR) is 63.6 cm³/mol. The number of hydrogen-bond acceptors (Lipinski definition) is 5. The Kier molecular flexibility index (Phi) is 3.58. The van der Waals surface area contributed by atoms with E-state index in [2.05, 4.69) is 14.7 Å². The first-order valence-corrected chi connectivity index (χ1v) is 6.36. The monoisotopic (exact) mass is 293 g/mol. The lowest BCUT2D eigenvalue weighted by Gasteiger charge is -2.48. The molecule has 0 spiro atoms. The zero-order chi connectivity index (χ0) is 15.2. The van der Waals surface area contributed by atoms with Crippen molar-refractivity contribution in [1.82, 2.24) is 15.0 Å². The molecule has 114 valence electrons. The maximum atomic E-state index is 12.4. The molecule has 1 aromatic heterocycles. The highest BCUT2D eigenvalue weighted by molar-refractivity contribution is 4.98. The minimum absolute atomic E-state index is 0.0605. The number of alkyl halides is 3. The molecule has 0 unspecified atom stereocenters. The summed E-state index contributed by atoms with van der Waals surface area (Å²) >= 11 is 0. The molecular weight excluding hydrogens is 275 g/mol. The highest BCUT2D eigenvalue weighted by Crippen LogP contribution is 2.38. The van der Waals surface area contributed by atoms with E-state index in [0.717, 1.165) is 0 Å². The van der Waals surface area contributed by atoms with Gasteiger partial charge in [-0.25, -0.2) is 0 Å². The van der Waals surface area contributed by atoms with Gasteiger partial charge in [-0.2, -0.15) is 18.2 Å². The zero-order valence-electron chi connectivity index (χ0n) is 11.7. The summed E-state index contributed by atoms with van der Waals surface area (Å²) in [5.41, 5.74) is -1.16. The van der Waals surface area contributed by atoms with Crippen LogP contribution in [0.15, 0.2) is 4.52 Å². The van der Waals surface area contributed by atoms with Crippen molar-refractivity contribution >= 4 is 0 Å². The van der Waals surface area contributed by atoms with Gasteiger partial charge < -0.3 is 9.63 Å². The van der Waals surface area contributed by atoms with Gasteiger partial charge in [0.05, 0.1) is 12.1 Å². The number of halogens is 3. The smallest absolute Gasteiger partial charge is 0.390 e. The van der Waals surface area contributed by atoms with E-state index in [0.29, 0.717) is 19.5 Å². The molecule has 1 saturated heterocycles. The van der Waals surface area contributed by atoms with E-state index in [9.17, 15) is 18.3 Å². The Morgan fingerprint density at radius 2 is 2.00 bits per heavy atom. The van der Waals surface area contributed by atoms with Crippen molar-refractivity contribution < 1.29 is 22.8 Å². The lowest BCUT2D eigenvalue weighted by molar-refractivity contribution is -0.146. The van der Waals surface area contributed by atoms with Gasteiger partial charge in [-0.05, 0) is 13.3 Å². The van der Waals surface area contributed by atoms with E-state index in [-0.39, 0.29) is 17.9 Å². The summed E-state index contributed by atoms with van der Waals surface area (Å²) in [7, 11) is 0. The quantitative estimate of drug-likeness (QED) is 0.904. The van der Waals surface area contributed by atoms with Crippen LogP contribution < -0.4 is 0 Å². The number of nitrogens with zero attached hydrogens (tertiary/aromatic N) is 3. The van der Waals surface area contributed by atoms with E-state index in [4.69, 9.17) is 0 Å². The van der Waals surface area contributed by atoms with Crippen molar-refractivity contribution in [3.63, 3.8) is 0 Å². The average Bonchev–Trinajstić information content (AvgIpc) is 2.72. The molecule has 8 heteroatoms. The van der Waals surface area contributed by atoms with Crippen molar-refractivity contribution in [3.05, 3.63) is 11.7 Å². The fourth-order valence-corrected chi connectivity index (χ4v) is 2.28. The number of aliphatic hydroxyl groups is 1. The van der Waals surface area contributed by atoms with Crippen LogP contribution in [0.25, 0.3) is 0 Å². The molecule has 0 bridgehead atoms. The summed E-state index contributed by atoms with van der Waals surface area (Å²) in [5.74, 6) is -1.31. The largest absolute Gasteiger partial charge is 0.455 e. The second-order valence-electron chi connectivity index (χ2n) is 6.13. The number of likely N-dealkylation sites (tertiary alicyclic amines) is 1. The molecular formula is C12H18F3N3O2. The first-order chi connectivity index (χ1) is 9.01. The summed E-state index contributed by atoms with van der Waals surface area (Å²) in [5, 5.41) is 13.2. The first-order valence-electron chi connectivity index (χ1n) is 6.36. The van der Waals surface area contributed by atoms with Gasteiger partial charge in [-0.1, -0.05) is 19.0 Å². The van der Waals surface area contributed by atoms with Crippen molar-refractivity contribution in [2.45, 2.75) is 45.5 Å². The van der Waals surface area contributed by atoms with Gasteiger partial charge in [-0.15, -0.1) is 0 Å². The molecule has 2 rings (SSSR count). The van der Waals surface area contributed by atoms with E-state index >= 15 is 0 Å². The molecule has 0 saturated carbocycles. The summed E-state index contributed by atoms with van der Waals surface area (Å²) in [6.07, 6.45) is -4.05. The average molecular weight is 293 g/mol. The van der Waals surface area contributed by atoms with Crippen LogP contribution in [0.5, 0.6) is 0 Å². The summed E-state index contributed by atoms with van der Waals surface area (Å²) in [6.45, 7) is 6.90. The Bertz CT molecular complexity index is 483. The number of piperidine rings is 1. The van der Waals surface area contributed by atoms with Crippen molar-refractivity contribution in [2.24, 2.45) is 5.41 Å². The molecule has 1 fully saturated rings. The molecule has 0 amide bonds. The zero-order valence-corrected chi connectivity index (χ0v) is 11.7. The van der Waals surface area contributed by atoms with E-state index in [1.165, 1.54) is 0 Å². The molecule has 1 N–H and O–H groups in total. The van der Waals surface area contributed by atoms with Gasteiger partial charge in [0.25, 0.3) is 5.82 Å². The molecule has 20 heavy (non-hydrogen) atoms. The lowest BCUT2D eigenvalue weighted by atomic mass is 9.71. The van der Waals surface area contributed by atoms with Gasteiger partial charge in [0.15, 0.2) is 0 Å². The van der Waals surface area contributed by atoms with Crippen LogP contribution in [0.2, 0.25) is 0 Å². The third kappa shape index (κ3) is 2.95. The SMILES string of the molecule is CC1(C)CN(Cc2nc(C(F)(F)F)no2)CC[C@]1(C)O. The standard InChI is InChI=1S/C12H18F3N3O2/c1-10(2)7-18(5-4-11(10,3)19)6-8-16-9(17-20-8)12(13,14)15/h19H,4-7H2,1-3H3/t11-/m0/s1. The molecule has 0 radical (unpaired) electrons. The highest BCUT2D eigenvalue weighted by Gasteiger charge is 2.44. The van der Waals surface area contributed by atoms with Crippen LogP contribution in [0.1, 0.15) is 38.9 Å². The summed E-state index contributed by atoms with van der Waals surface area (Å²) in [4.78, 5) is 5.26. The van der Waals surface area contributed by atoms with Crippen molar-refractivity contribution in [2.75, 3.05) is 13.1 Å². The Morgan fingerprint density at radius 1 is 1.35 bits per heavy atom. The molecule has 2 heterocycles. The summed E-state index contributed by atoms with van der Waals surface area (Å²) in [6, 6.07) is 0. The van der Waals surface area contributed by atoms with Crippen LogP contribution in [0.3, 0.4) is 0 Å². The Hall–Kier alpha value is -1.15. The van der Waals surface area contributed by atoms with E-state index in [1.54, 1.807) is 6.92 Å². The topological polar surface area (TPSA) is 62.4 Å². The Morgan fingerprint density at radius 3 is 2.50 bits per heavy atom. The fourth-order valence-electron chi connectivity index (χ4n) is 2.28. The van der Waals surface area contributed by atoms with Gasteiger partial charge in [0.2, 0.25) is 5.89 Å². The predicted octanol–water partition coefficient (Wildman–Crippen LogP) is 2.07. The van der Waals surface area contributed by atoms with Crippen molar-refractivity contribution in [3.8, 4) is 0 Å². The highest BCUT2D eigenvalue weighted by atomic mass is 19.4. The van der Waals surface area contributed by atoms with Crippen LogP contribution in [0, 0.1) is 5.41 Å². The molecule has 1 atom stereocenters. The lowest BCUT2D eigenvalue weighted by Crippen LogP contribution is -2.55. The maximum absolute atomic E-state index is 12.4. The molecule has 0 aliphatic carbocycles. The Balaban J connectivity index is 2.03. The second-order valence-corrected chi connectivity index (χ2v) is 6.13. The fraction of sp³-hybridized carbons (Fsp3) is 0.833. The number of hydrogen-bond donors (Lipinski definition) is 1. The van der Waals surface area contributed by atoms with Gasteiger partial charge in [0, 0.05) is 18.5 Å². The van der Waals surface area contributed by atoms with Crippen LogP contribution >= 0.6 is 0 Å². The van der Waals surface area contributed by atoms with Crippen molar-refractivity contribution in [1.29, 1.82) is 0 Å². The minimum Gasteiger partial charge on any atom is -0.390 e. The minimum atomic E-state index is -4.59. The van der Waals surface area contributed by atoms with E-state index < -0.39 is 17.6 Å². The van der Waals surface area contributed by atoms with Gasteiger partial charge in [-0.3, -0.25) is 4.90 Å². The Labute approximate surface area is 114 Å². The second kappa shape index (κ2) is 4.70. The molecule has 5 nitrogen and oxygen atoms in total. The molecule has 1 aliphatic rings. The number of rotatable bonds is 2. The van der Waals surface area contributed by atoms with Crippen LogP contribution in [-0.4, -0.2) is 38.8 Å². The normalized spacial score (nSPS) is 27.8. The first kappa shape index (κ1) is 15.2. The van der Waals surface area contributed by atoms with Crippen LogP contribution in [-0.2, 0) is 12.7 Å². The van der Waals surface area contributed by atoms with Crippen LogP contribution in [0.4, 0.5) is 13.2 Å². The molecule has 1 aromatic rings. The summed E-state index contributed by atoms with van der Waals surface area (Å²) < 4.78 is 41.7. The maximum Gasteiger partial charge on any atom is 0.455 e. The molecule has 0 aromatic carbocycles. The third-order valence-corrected chi connectivity index (χ3v) is 4.07. The molecule has 1 aliphatic heterocycles. The van der Waals surface area contributed by atoms with E-state index in [1.807, 2.05) is 18.7 Å². The third-order valence-electron chi connectivity index (χ3n) is 4.07. The number of aromatic nitrogens is 2. The van der Waals surface area contributed by atoms with Gasteiger partial charge >= 0.3 is 6.18 Å². The van der Waals surface area contributed by atoms with Gasteiger partial charge in [0.1, 0.15) is 0 Å².